The lowest BCUT2D eigenvalue weighted by Gasteiger charge is -2.15. The Morgan fingerprint density at radius 2 is 1.95 bits per heavy atom. The summed E-state index contributed by atoms with van der Waals surface area (Å²) in [7, 11) is -3.69. The number of nitrogens with two attached hydrogens (primary N) is 1. The van der Waals surface area contributed by atoms with Crippen molar-refractivity contribution in [3.05, 3.63) is 44.6 Å². The first-order chi connectivity index (χ1) is 9.70. The van der Waals surface area contributed by atoms with Gasteiger partial charge < -0.3 is 5.73 Å². The topological polar surface area (TPSA) is 72.2 Å². The molecule has 2 rings (SSSR count). The summed E-state index contributed by atoms with van der Waals surface area (Å²) in [5.41, 5.74) is 6.87. The molecule has 0 amide bonds. The molecule has 7 heteroatoms. The van der Waals surface area contributed by atoms with E-state index >= 15 is 0 Å². The highest BCUT2D eigenvalue weighted by Crippen LogP contribution is 2.28. The maximum Gasteiger partial charge on any atom is 0.243 e. The van der Waals surface area contributed by atoms with Crippen molar-refractivity contribution in [1.82, 2.24) is 4.72 Å². The molecule has 0 fully saturated rings. The minimum absolute atomic E-state index is 0.0448. The first kappa shape index (κ1) is 16.3. The quantitative estimate of drug-likeness (QED) is 0.832. The first-order valence-electron chi connectivity index (χ1n) is 6.35. The fourth-order valence-corrected chi connectivity index (χ4v) is 4.74. The Kier molecular flexibility index (Phi) is 4.63. The van der Waals surface area contributed by atoms with Crippen LogP contribution in [0.15, 0.2) is 29.2 Å². The molecule has 0 saturated heterocycles. The van der Waals surface area contributed by atoms with Crippen LogP contribution in [0.25, 0.3) is 0 Å². The summed E-state index contributed by atoms with van der Waals surface area (Å²) in [5.74, 6) is 0. The Bertz CT molecular complexity index is 769. The number of hydrogen-bond acceptors (Lipinski definition) is 4. The van der Waals surface area contributed by atoms with E-state index in [9.17, 15) is 8.42 Å². The zero-order chi connectivity index (χ0) is 15.8. The number of thiophene rings is 1. The van der Waals surface area contributed by atoms with Gasteiger partial charge in [-0.25, -0.2) is 13.1 Å². The summed E-state index contributed by atoms with van der Waals surface area (Å²) in [6.07, 6.45) is 0. The SMILES string of the molecule is Cc1cc(C(C)NS(=O)(=O)c2ccc(Cl)cc2N)c(C)s1. The van der Waals surface area contributed by atoms with Crippen LogP contribution >= 0.6 is 22.9 Å². The molecule has 0 bridgehead atoms. The Morgan fingerprint density at radius 3 is 2.48 bits per heavy atom. The van der Waals surface area contributed by atoms with Crippen LogP contribution in [0.4, 0.5) is 5.69 Å². The molecule has 1 heterocycles. The van der Waals surface area contributed by atoms with Gasteiger partial charge in [-0.15, -0.1) is 11.3 Å². The van der Waals surface area contributed by atoms with Crippen molar-refractivity contribution in [2.75, 3.05) is 5.73 Å². The van der Waals surface area contributed by atoms with Crippen LogP contribution in [-0.2, 0) is 10.0 Å². The Hall–Kier alpha value is -1.08. The van der Waals surface area contributed by atoms with Crippen molar-refractivity contribution in [2.45, 2.75) is 31.7 Å². The van der Waals surface area contributed by atoms with Gasteiger partial charge in [0.05, 0.1) is 5.69 Å². The third-order valence-corrected chi connectivity index (χ3v) is 5.97. The monoisotopic (exact) mass is 344 g/mol. The maximum absolute atomic E-state index is 12.4. The molecule has 1 atom stereocenters. The van der Waals surface area contributed by atoms with Gasteiger partial charge in [-0.1, -0.05) is 11.6 Å². The molecule has 21 heavy (non-hydrogen) atoms. The molecule has 0 aliphatic rings. The van der Waals surface area contributed by atoms with Crippen LogP contribution in [-0.4, -0.2) is 8.42 Å². The average Bonchev–Trinajstić information content (AvgIpc) is 2.67. The minimum Gasteiger partial charge on any atom is -0.398 e. The molecule has 0 radical (unpaired) electrons. The van der Waals surface area contributed by atoms with E-state index in [1.165, 1.54) is 18.2 Å². The number of nitrogen functional groups attached to an aromatic ring is 1. The molecule has 0 saturated carbocycles. The van der Waals surface area contributed by atoms with Crippen molar-refractivity contribution < 1.29 is 8.42 Å². The van der Waals surface area contributed by atoms with E-state index in [-0.39, 0.29) is 16.6 Å². The highest BCUT2D eigenvalue weighted by Gasteiger charge is 2.22. The zero-order valence-electron chi connectivity index (χ0n) is 12.0. The number of aryl methyl sites for hydroxylation is 2. The Labute approximate surface area is 134 Å². The zero-order valence-corrected chi connectivity index (χ0v) is 14.4. The van der Waals surface area contributed by atoms with Crippen LogP contribution < -0.4 is 10.5 Å². The lowest BCUT2D eigenvalue weighted by atomic mass is 10.1. The van der Waals surface area contributed by atoms with E-state index < -0.39 is 10.0 Å². The average molecular weight is 345 g/mol. The van der Waals surface area contributed by atoms with Gasteiger partial charge in [0.2, 0.25) is 10.0 Å². The molecular weight excluding hydrogens is 328 g/mol. The van der Waals surface area contributed by atoms with Crippen molar-refractivity contribution >= 4 is 38.6 Å². The molecule has 0 aliphatic carbocycles. The number of hydrogen-bond donors (Lipinski definition) is 2. The van der Waals surface area contributed by atoms with Crippen LogP contribution in [0.1, 0.15) is 28.3 Å². The van der Waals surface area contributed by atoms with Crippen molar-refractivity contribution in [3.8, 4) is 0 Å². The molecule has 1 aromatic carbocycles. The van der Waals surface area contributed by atoms with Crippen LogP contribution in [0.3, 0.4) is 0 Å². The molecule has 2 aromatic rings. The van der Waals surface area contributed by atoms with Crippen LogP contribution in [0, 0.1) is 13.8 Å². The Balaban J connectivity index is 2.31. The van der Waals surface area contributed by atoms with Crippen molar-refractivity contribution in [3.63, 3.8) is 0 Å². The summed E-state index contributed by atoms with van der Waals surface area (Å²) in [6.45, 7) is 5.80. The largest absolute Gasteiger partial charge is 0.398 e. The van der Waals surface area contributed by atoms with E-state index in [1.54, 1.807) is 11.3 Å². The van der Waals surface area contributed by atoms with E-state index in [4.69, 9.17) is 17.3 Å². The number of sulfonamides is 1. The number of rotatable bonds is 4. The summed E-state index contributed by atoms with van der Waals surface area (Å²) >= 11 is 7.45. The fraction of sp³-hybridized carbons (Fsp3) is 0.286. The summed E-state index contributed by atoms with van der Waals surface area (Å²) in [6, 6.07) is 6.03. The number of halogens is 1. The van der Waals surface area contributed by atoms with Crippen molar-refractivity contribution in [1.29, 1.82) is 0 Å². The highest BCUT2D eigenvalue weighted by atomic mass is 35.5. The maximum atomic E-state index is 12.4. The van der Waals surface area contributed by atoms with Gasteiger partial charge >= 0.3 is 0 Å². The van der Waals surface area contributed by atoms with E-state index in [0.29, 0.717) is 5.02 Å². The molecule has 3 N–H and O–H groups in total. The third kappa shape index (κ3) is 3.58. The smallest absolute Gasteiger partial charge is 0.243 e. The Morgan fingerprint density at radius 1 is 1.29 bits per heavy atom. The van der Waals surface area contributed by atoms with Gasteiger partial charge in [0.15, 0.2) is 0 Å². The number of anilines is 1. The molecule has 1 unspecified atom stereocenters. The minimum atomic E-state index is -3.69. The van der Waals surface area contributed by atoms with Crippen LogP contribution in [0.5, 0.6) is 0 Å². The number of nitrogens with one attached hydrogen (secondary N) is 1. The van der Waals surface area contributed by atoms with Gasteiger partial charge in [-0.05, 0) is 50.6 Å². The molecule has 1 aromatic heterocycles. The second-order valence-corrected chi connectivity index (χ2v) is 8.47. The lowest BCUT2D eigenvalue weighted by molar-refractivity contribution is 0.567. The molecule has 4 nitrogen and oxygen atoms in total. The summed E-state index contributed by atoms with van der Waals surface area (Å²) < 4.78 is 27.5. The van der Waals surface area contributed by atoms with Gasteiger partial charge in [0.25, 0.3) is 0 Å². The first-order valence-corrected chi connectivity index (χ1v) is 9.03. The van der Waals surface area contributed by atoms with Gasteiger partial charge in [-0.3, -0.25) is 0 Å². The molecular formula is C14H17ClN2O2S2. The van der Waals surface area contributed by atoms with Gasteiger partial charge in [0, 0.05) is 20.8 Å². The van der Waals surface area contributed by atoms with Crippen LogP contribution in [0.2, 0.25) is 5.02 Å². The van der Waals surface area contributed by atoms with Gasteiger partial charge in [-0.2, -0.15) is 0 Å². The lowest BCUT2D eigenvalue weighted by Crippen LogP contribution is -2.27. The molecule has 0 spiro atoms. The standard InChI is InChI=1S/C14H17ClN2O2S2/c1-8-6-12(10(3)20-8)9(2)17-21(18,19)14-5-4-11(15)7-13(14)16/h4-7,9,17H,16H2,1-3H3. The predicted octanol–water partition coefficient (Wildman–Crippen LogP) is 3.64. The van der Waals surface area contributed by atoms with Crippen molar-refractivity contribution in [2.24, 2.45) is 0 Å². The number of benzene rings is 1. The molecule has 0 aliphatic heterocycles. The van der Waals surface area contributed by atoms with Gasteiger partial charge in [0.1, 0.15) is 4.90 Å². The molecule has 114 valence electrons. The predicted molar refractivity (Wildman–Crippen MR) is 88.4 cm³/mol. The second kappa shape index (κ2) is 5.96. The normalized spacial score (nSPS) is 13.3. The van der Waals surface area contributed by atoms with E-state index in [1.807, 2.05) is 26.8 Å². The summed E-state index contributed by atoms with van der Waals surface area (Å²) in [4.78, 5) is 2.30. The van der Waals surface area contributed by atoms with E-state index in [2.05, 4.69) is 4.72 Å². The highest BCUT2D eigenvalue weighted by molar-refractivity contribution is 7.89. The second-order valence-electron chi connectivity index (χ2n) is 4.89. The fourth-order valence-electron chi connectivity index (χ4n) is 2.20. The summed E-state index contributed by atoms with van der Waals surface area (Å²) in [5, 5.41) is 0.406. The third-order valence-electron chi connectivity index (χ3n) is 3.14. The van der Waals surface area contributed by atoms with E-state index in [0.717, 1.165) is 15.3 Å².